The molecule has 3 unspecified atom stereocenters. The summed E-state index contributed by atoms with van der Waals surface area (Å²) in [7, 11) is -3.59. The molecule has 1 N–H and O–H groups in total. The van der Waals surface area contributed by atoms with E-state index in [2.05, 4.69) is 23.8 Å². The van der Waals surface area contributed by atoms with Gasteiger partial charge in [-0.05, 0) is 31.1 Å². The van der Waals surface area contributed by atoms with Crippen molar-refractivity contribution in [2.45, 2.75) is 38.1 Å². The van der Waals surface area contributed by atoms with E-state index in [1.54, 1.807) is 0 Å². The number of piperidine rings is 2. The zero-order valence-electron chi connectivity index (χ0n) is 14.3. The summed E-state index contributed by atoms with van der Waals surface area (Å²) in [4.78, 5) is 21.3. The second-order valence-electron chi connectivity index (χ2n) is 7.31. The van der Waals surface area contributed by atoms with Gasteiger partial charge < -0.3 is 9.88 Å². The SMILES string of the molecule is CC1CC(C)CN(C(=O)C2CCCN(S(=O)(=O)c3cnc[nH]3)C2)C1. The second-order valence-corrected chi connectivity index (χ2v) is 9.21. The number of hydrogen-bond donors (Lipinski definition) is 1. The maximum Gasteiger partial charge on any atom is 0.260 e. The number of likely N-dealkylation sites (tertiary alicyclic amines) is 1. The Kier molecular flexibility index (Phi) is 4.96. The number of aromatic nitrogens is 2. The van der Waals surface area contributed by atoms with Crippen LogP contribution in [0.15, 0.2) is 17.6 Å². The minimum absolute atomic E-state index is 0.0933. The van der Waals surface area contributed by atoms with Gasteiger partial charge in [0.05, 0.1) is 18.4 Å². The number of amides is 1. The van der Waals surface area contributed by atoms with Crippen molar-refractivity contribution in [3.63, 3.8) is 0 Å². The largest absolute Gasteiger partial charge is 0.342 e. The van der Waals surface area contributed by atoms with Crippen LogP contribution in [0.4, 0.5) is 0 Å². The quantitative estimate of drug-likeness (QED) is 0.887. The number of aromatic amines is 1. The van der Waals surface area contributed by atoms with Crippen molar-refractivity contribution in [2.75, 3.05) is 26.2 Å². The standard InChI is InChI=1S/C16H26N4O3S/c1-12-6-13(2)9-19(8-12)16(21)14-4-3-5-20(10-14)24(22,23)15-7-17-11-18-15/h7,11-14H,3-6,8-10H2,1-2H3,(H,17,18). The molecule has 1 aromatic heterocycles. The van der Waals surface area contributed by atoms with Crippen LogP contribution in [-0.2, 0) is 14.8 Å². The molecule has 0 saturated carbocycles. The van der Waals surface area contributed by atoms with Gasteiger partial charge in [0.15, 0.2) is 5.03 Å². The topological polar surface area (TPSA) is 86.4 Å². The highest BCUT2D eigenvalue weighted by Crippen LogP contribution is 2.27. The summed E-state index contributed by atoms with van der Waals surface area (Å²) >= 11 is 0. The van der Waals surface area contributed by atoms with Crippen molar-refractivity contribution in [3.8, 4) is 0 Å². The number of carbonyl (C=O) groups is 1. The van der Waals surface area contributed by atoms with Crippen molar-refractivity contribution in [2.24, 2.45) is 17.8 Å². The molecule has 0 aromatic carbocycles. The maximum absolute atomic E-state index is 12.9. The predicted molar refractivity (Wildman–Crippen MR) is 89.6 cm³/mol. The Bertz CT molecular complexity index is 664. The van der Waals surface area contributed by atoms with Gasteiger partial charge in [0.1, 0.15) is 0 Å². The number of hydrogen-bond acceptors (Lipinski definition) is 4. The van der Waals surface area contributed by atoms with E-state index in [0.717, 1.165) is 25.9 Å². The highest BCUT2D eigenvalue weighted by Gasteiger charge is 2.37. The smallest absolute Gasteiger partial charge is 0.260 e. The van der Waals surface area contributed by atoms with Gasteiger partial charge >= 0.3 is 0 Å². The van der Waals surface area contributed by atoms with E-state index >= 15 is 0 Å². The molecule has 2 aliphatic heterocycles. The molecule has 2 saturated heterocycles. The summed E-state index contributed by atoms with van der Waals surface area (Å²) < 4.78 is 26.7. The molecule has 8 heteroatoms. The zero-order valence-corrected chi connectivity index (χ0v) is 15.1. The van der Waals surface area contributed by atoms with Crippen LogP contribution < -0.4 is 0 Å². The van der Waals surface area contributed by atoms with Gasteiger partial charge in [0, 0.05) is 26.2 Å². The Morgan fingerprint density at radius 2 is 1.96 bits per heavy atom. The summed E-state index contributed by atoms with van der Waals surface area (Å²) in [5, 5.41) is 0.0933. The van der Waals surface area contributed by atoms with Crippen LogP contribution in [0.3, 0.4) is 0 Å². The molecular formula is C16H26N4O3S. The summed E-state index contributed by atoms with van der Waals surface area (Å²) in [6.07, 6.45) is 5.29. The van der Waals surface area contributed by atoms with E-state index in [1.165, 1.54) is 16.8 Å². The Hall–Kier alpha value is -1.41. The normalized spacial score (nSPS) is 29.6. The number of H-pyrrole nitrogens is 1. The van der Waals surface area contributed by atoms with Crippen molar-refractivity contribution in [1.82, 2.24) is 19.2 Å². The van der Waals surface area contributed by atoms with Crippen molar-refractivity contribution in [3.05, 3.63) is 12.5 Å². The third-order valence-electron chi connectivity index (χ3n) is 5.00. The minimum atomic E-state index is -3.59. The fraction of sp³-hybridized carbons (Fsp3) is 0.750. The first-order valence-corrected chi connectivity index (χ1v) is 10.1. The lowest BCUT2D eigenvalue weighted by Gasteiger charge is -2.39. The monoisotopic (exact) mass is 354 g/mol. The summed E-state index contributed by atoms with van der Waals surface area (Å²) in [5.74, 6) is 0.879. The lowest BCUT2D eigenvalue weighted by Crippen LogP contribution is -2.50. The third kappa shape index (κ3) is 3.49. The Balaban J connectivity index is 1.70. The Morgan fingerprint density at radius 3 is 2.58 bits per heavy atom. The molecule has 3 rings (SSSR count). The van der Waals surface area contributed by atoms with E-state index < -0.39 is 10.0 Å². The average molecular weight is 354 g/mol. The molecule has 2 fully saturated rings. The summed E-state index contributed by atoms with van der Waals surface area (Å²) in [6, 6.07) is 0. The fourth-order valence-corrected chi connectivity index (χ4v) is 5.41. The third-order valence-corrected chi connectivity index (χ3v) is 6.80. The molecule has 1 amide bonds. The van der Waals surface area contributed by atoms with Crippen LogP contribution in [0.2, 0.25) is 0 Å². The van der Waals surface area contributed by atoms with Gasteiger partial charge in [-0.15, -0.1) is 0 Å². The van der Waals surface area contributed by atoms with E-state index in [0.29, 0.717) is 24.8 Å². The number of carbonyl (C=O) groups excluding carboxylic acids is 1. The van der Waals surface area contributed by atoms with E-state index in [-0.39, 0.29) is 23.4 Å². The minimum Gasteiger partial charge on any atom is -0.342 e. The van der Waals surface area contributed by atoms with E-state index in [4.69, 9.17) is 0 Å². The molecule has 0 radical (unpaired) electrons. The molecule has 0 aliphatic carbocycles. The molecule has 0 bridgehead atoms. The van der Waals surface area contributed by atoms with Crippen LogP contribution in [0.25, 0.3) is 0 Å². The van der Waals surface area contributed by atoms with Crippen LogP contribution in [0, 0.1) is 17.8 Å². The zero-order chi connectivity index (χ0) is 17.3. The van der Waals surface area contributed by atoms with Gasteiger partial charge in [-0.2, -0.15) is 4.31 Å². The van der Waals surface area contributed by atoms with Crippen molar-refractivity contribution in [1.29, 1.82) is 0 Å². The maximum atomic E-state index is 12.9. The number of nitrogens with one attached hydrogen (secondary N) is 1. The van der Waals surface area contributed by atoms with Crippen molar-refractivity contribution >= 4 is 15.9 Å². The first-order valence-electron chi connectivity index (χ1n) is 8.65. The van der Waals surface area contributed by atoms with E-state index in [9.17, 15) is 13.2 Å². The first-order chi connectivity index (χ1) is 11.4. The molecule has 134 valence electrons. The summed E-state index contributed by atoms with van der Waals surface area (Å²) in [5.41, 5.74) is 0. The molecule has 2 aliphatic rings. The Morgan fingerprint density at radius 1 is 1.25 bits per heavy atom. The van der Waals surface area contributed by atoms with Crippen LogP contribution in [0.1, 0.15) is 33.1 Å². The number of nitrogens with zero attached hydrogens (tertiary/aromatic N) is 3. The second kappa shape index (κ2) is 6.84. The highest BCUT2D eigenvalue weighted by atomic mass is 32.2. The lowest BCUT2D eigenvalue weighted by molar-refractivity contribution is -0.139. The number of imidazole rings is 1. The molecular weight excluding hydrogens is 328 g/mol. The summed E-state index contributed by atoms with van der Waals surface area (Å²) in [6.45, 7) is 6.63. The van der Waals surface area contributed by atoms with Gasteiger partial charge in [0.25, 0.3) is 10.0 Å². The van der Waals surface area contributed by atoms with Crippen LogP contribution in [-0.4, -0.2) is 59.7 Å². The molecule has 0 spiro atoms. The lowest BCUT2D eigenvalue weighted by atomic mass is 9.90. The van der Waals surface area contributed by atoms with Gasteiger partial charge in [0.2, 0.25) is 5.91 Å². The number of rotatable bonds is 3. The van der Waals surface area contributed by atoms with Crippen LogP contribution in [0.5, 0.6) is 0 Å². The van der Waals surface area contributed by atoms with E-state index in [1.807, 2.05) is 4.90 Å². The molecule has 24 heavy (non-hydrogen) atoms. The average Bonchev–Trinajstić information content (AvgIpc) is 3.08. The van der Waals surface area contributed by atoms with Crippen molar-refractivity contribution < 1.29 is 13.2 Å². The van der Waals surface area contributed by atoms with Gasteiger partial charge in [-0.1, -0.05) is 13.8 Å². The Labute approximate surface area is 143 Å². The van der Waals surface area contributed by atoms with Gasteiger partial charge in [-0.25, -0.2) is 13.4 Å². The molecule has 3 heterocycles. The van der Waals surface area contributed by atoms with Crippen LogP contribution >= 0.6 is 0 Å². The fourth-order valence-electron chi connectivity index (χ4n) is 3.99. The predicted octanol–water partition coefficient (Wildman–Crippen LogP) is 1.31. The molecule has 3 atom stereocenters. The first kappa shape index (κ1) is 17.4. The molecule has 1 aromatic rings. The number of sulfonamides is 1. The highest BCUT2D eigenvalue weighted by molar-refractivity contribution is 7.89. The van der Waals surface area contributed by atoms with Gasteiger partial charge in [-0.3, -0.25) is 4.79 Å². The molecule has 7 nitrogen and oxygen atoms in total.